The first-order valence-electron chi connectivity index (χ1n) is 9.26. The van der Waals surface area contributed by atoms with Crippen LogP contribution in [0, 0.1) is 12.8 Å². The third-order valence-electron chi connectivity index (χ3n) is 4.64. The van der Waals surface area contributed by atoms with Crippen LogP contribution in [0.3, 0.4) is 0 Å². The SMILES string of the molecule is Cc1ccc(N2CC(C(=O)Nc3nnc(CSc4ccccc4)s3)CC2=O)cc1. The molecule has 1 unspecified atom stereocenters. The summed E-state index contributed by atoms with van der Waals surface area (Å²) in [4.78, 5) is 27.8. The number of thioether (sulfide) groups is 1. The van der Waals surface area contributed by atoms with Gasteiger partial charge in [0.1, 0.15) is 5.01 Å². The Morgan fingerprint density at radius 3 is 2.69 bits per heavy atom. The van der Waals surface area contributed by atoms with E-state index >= 15 is 0 Å². The number of anilines is 2. The van der Waals surface area contributed by atoms with E-state index in [9.17, 15) is 9.59 Å². The Bertz CT molecular complexity index is 1010. The third kappa shape index (κ3) is 4.83. The second kappa shape index (κ2) is 8.75. The smallest absolute Gasteiger partial charge is 0.231 e. The first kappa shape index (κ1) is 19.6. The van der Waals surface area contributed by atoms with Gasteiger partial charge in [-0.05, 0) is 31.2 Å². The van der Waals surface area contributed by atoms with Gasteiger partial charge >= 0.3 is 0 Å². The van der Waals surface area contributed by atoms with Crippen molar-refractivity contribution in [2.24, 2.45) is 5.92 Å². The lowest BCUT2D eigenvalue weighted by Crippen LogP contribution is -2.28. The summed E-state index contributed by atoms with van der Waals surface area (Å²) in [6.45, 7) is 2.38. The van der Waals surface area contributed by atoms with E-state index in [1.807, 2.05) is 61.5 Å². The molecule has 2 amide bonds. The van der Waals surface area contributed by atoms with Crippen molar-refractivity contribution in [1.82, 2.24) is 10.2 Å². The molecule has 1 aliphatic rings. The Balaban J connectivity index is 1.33. The van der Waals surface area contributed by atoms with Crippen molar-refractivity contribution >= 4 is 45.7 Å². The molecule has 0 bridgehead atoms. The van der Waals surface area contributed by atoms with E-state index in [1.54, 1.807) is 16.7 Å². The molecule has 0 radical (unpaired) electrons. The van der Waals surface area contributed by atoms with Gasteiger partial charge < -0.3 is 10.2 Å². The molecule has 0 saturated carbocycles. The maximum atomic E-state index is 12.6. The van der Waals surface area contributed by atoms with Crippen LogP contribution in [0.4, 0.5) is 10.8 Å². The summed E-state index contributed by atoms with van der Waals surface area (Å²) in [5.41, 5.74) is 1.96. The Labute approximate surface area is 177 Å². The molecule has 2 heterocycles. The highest BCUT2D eigenvalue weighted by Crippen LogP contribution is 2.28. The van der Waals surface area contributed by atoms with Gasteiger partial charge in [-0.3, -0.25) is 9.59 Å². The maximum Gasteiger partial charge on any atom is 0.231 e. The molecule has 2 aromatic carbocycles. The standard InChI is InChI=1S/C21H20N4O2S2/c1-14-7-9-16(10-8-14)25-12-15(11-19(25)26)20(27)22-21-24-23-18(29-21)13-28-17-5-3-2-4-6-17/h2-10,15H,11-13H2,1H3,(H,22,24,27). The zero-order valence-corrected chi connectivity index (χ0v) is 17.5. The van der Waals surface area contributed by atoms with Gasteiger partial charge in [0.05, 0.1) is 11.7 Å². The predicted octanol–water partition coefficient (Wildman–Crippen LogP) is 4.13. The normalized spacial score (nSPS) is 16.2. The number of nitrogens with one attached hydrogen (secondary N) is 1. The summed E-state index contributed by atoms with van der Waals surface area (Å²) in [7, 11) is 0. The van der Waals surface area contributed by atoms with Crippen molar-refractivity contribution in [3.8, 4) is 0 Å². The van der Waals surface area contributed by atoms with Crippen molar-refractivity contribution in [1.29, 1.82) is 0 Å². The number of aromatic nitrogens is 2. The first-order valence-corrected chi connectivity index (χ1v) is 11.1. The highest BCUT2D eigenvalue weighted by atomic mass is 32.2. The summed E-state index contributed by atoms with van der Waals surface area (Å²) in [5.74, 6) is 0.0770. The third-order valence-corrected chi connectivity index (χ3v) is 6.69. The van der Waals surface area contributed by atoms with Gasteiger partial charge in [0.25, 0.3) is 0 Å². The van der Waals surface area contributed by atoms with Gasteiger partial charge in [-0.25, -0.2) is 0 Å². The van der Waals surface area contributed by atoms with Crippen LogP contribution >= 0.6 is 23.1 Å². The number of rotatable bonds is 6. The molecule has 1 saturated heterocycles. The van der Waals surface area contributed by atoms with E-state index in [-0.39, 0.29) is 18.2 Å². The molecule has 4 rings (SSSR count). The van der Waals surface area contributed by atoms with Gasteiger partial charge in [0, 0.05) is 23.5 Å². The molecular weight excluding hydrogens is 404 g/mol. The number of nitrogens with zero attached hydrogens (tertiary/aromatic N) is 3. The minimum atomic E-state index is -0.394. The lowest BCUT2D eigenvalue weighted by atomic mass is 10.1. The molecule has 1 aromatic heterocycles. The van der Waals surface area contributed by atoms with Crippen LogP contribution in [0.15, 0.2) is 59.5 Å². The van der Waals surface area contributed by atoms with Crippen molar-refractivity contribution < 1.29 is 9.59 Å². The number of carbonyl (C=O) groups is 2. The Morgan fingerprint density at radius 2 is 1.93 bits per heavy atom. The predicted molar refractivity (Wildman–Crippen MR) is 116 cm³/mol. The van der Waals surface area contributed by atoms with Gasteiger partial charge in [-0.1, -0.05) is 47.2 Å². The fraction of sp³-hybridized carbons (Fsp3) is 0.238. The van der Waals surface area contributed by atoms with E-state index in [0.29, 0.717) is 17.4 Å². The van der Waals surface area contributed by atoms with Crippen molar-refractivity contribution in [2.45, 2.75) is 24.0 Å². The Morgan fingerprint density at radius 1 is 1.17 bits per heavy atom. The number of benzene rings is 2. The summed E-state index contributed by atoms with van der Waals surface area (Å²) >= 11 is 3.04. The molecule has 29 heavy (non-hydrogen) atoms. The highest BCUT2D eigenvalue weighted by molar-refractivity contribution is 7.98. The molecule has 1 aliphatic heterocycles. The van der Waals surface area contributed by atoms with Gasteiger partial charge in [-0.15, -0.1) is 22.0 Å². The summed E-state index contributed by atoms with van der Waals surface area (Å²) < 4.78 is 0. The van der Waals surface area contributed by atoms with Crippen LogP contribution < -0.4 is 10.2 Å². The van der Waals surface area contributed by atoms with E-state index in [4.69, 9.17) is 0 Å². The number of hydrogen-bond donors (Lipinski definition) is 1. The topological polar surface area (TPSA) is 75.2 Å². The van der Waals surface area contributed by atoms with Crippen LogP contribution in [-0.2, 0) is 15.3 Å². The van der Waals surface area contributed by atoms with E-state index < -0.39 is 5.92 Å². The molecule has 148 valence electrons. The summed E-state index contributed by atoms with van der Waals surface area (Å²) in [6, 6.07) is 17.8. The average molecular weight is 425 g/mol. The van der Waals surface area contributed by atoms with Crippen LogP contribution in [0.2, 0.25) is 0 Å². The van der Waals surface area contributed by atoms with Crippen LogP contribution in [0.25, 0.3) is 0 Å². The zero-order chi connectivity index (χ0) is 20.2. The minimum Gasteiger partial charge on any atom is -0.312 e. The molecule has 0 spiro atoms. The molecule has 6 nitrogen and oxygen atoms in total. The van der Waals surface area contributed by atoms with Gasteiger partial charge in [0.2, 0.25) is 16.9 Å². The Hall–Kier alpha value is -2.71. The number of carbonyl (C=O) groups excluding carboxylic acids is 2. The monoisotopic (exact) mass is 424 g/mol. The molecular formula is C21H20N4O2S2. The quantitative estimate of drug-likeness (QED) is 0.602. The van der Waals surface area contributed by atoms with Crippen LogP contribution in [0.1, 0.15) is 17.0 Å². The number of amides is 2. The van der Waals surface area contributed by atoms with E-state index in [1.165, 1.54) is 11.3 Å². The largest absolute Gasteiger partial charge is 0.312 e. The highest BCUT2D eigenvalue weighted by Gasteiger charge is 2.35. The van der Waals surface area contributed by atoms with Crippen molar-refractivity contribution in [3.05, 3.63) is 65.2 Å². The number of hydrogen-bond acceptors (Lipinski definition) is 6. The first-order chi connectivity index (χ1) is 14.1. The molecule has 8 heteroatoms. The van der Waals surface area contributed by atoms with Gasteiger partial charge in [-0.2, -0.15) is 0 Å². The van der Waals surface area contributed by atoms with Crippen molar-refractivity contribution in [2.75, 3.05) is 16.8 Å². The second-order valence-corrected chi connectivity index (χ2v) is 8.94. The molecule has 1 N–H and O–H groups in total. The number of aryl methyl sites for hydroxylation is 1. The second-order valence-electron chi connectivity index (χ2n) is 6.83. The van der Waals surface area contributed by atoms with Gasteiger partial charge in [0.15, 0.2) is 0 Å². The maximum absolute atomic E-state index is 12.6. The molecule has 0 aliphatic carbocycles. The lowest BCUT2D eigenvalue weighted by molar-refractivity contribution is -0.122. The molecule has 1 atom stereocenters. The summed E-state index contributed by atoms with van der Waals surface area (Å²) in [5, 5.41) is 12.4. The van der Waals surface area contributed by atoms with Crippen LogP contribution in [0.5, 0.6) is 0 Å². The van der Waals surface area contributed by atoms with E-state index in [0.717, 1.165) is 21.2 Å². The average Bonchev–Trinajstić information content (AvgIpc) is 3.34. The lowest BCUT2D eigenvalue weighted by Gasteiger charge is -2.16. The van der Waals surface area contributed by atoms with Crippen LogP contribution in [-0.4, -0.2) is 28.6 Å². The Kier molecular flexibility index (Phi) is 5.92. The molecule has 1 fully saturated rings. The minimum absolute atomic E-state index is 0.0359. The van der Waals surface area contributed by atoms with Crippen molar-refractivity contribution in [3.63, 3.8) is 0 Å². The van der Waals surface area contributed by atoms with E-state index in [2.05, 4.69) is 15.5 Å². The molecule has 3 aromatic rings. The fourth-order valence-electron chi connectivity index (χ4n) is 3.09. The zero-order valence-electron chi connectivity index (χ0n) is 15.9. The summed E-state index contributed by atoms with van der Waals surface area (Å²) in [6.07, 6.45) is 0.204. The fourth-order valence-corrected chi connectivity index (χ4v) is 4.74.